The van der Waals surface area contributed by atoms with Gasteiger partial charge in [0, 0.05) is 36.6 Å². The Balaban J connectivity index is 1.82. The SMILES string of the molecule is CCCn1c(=O)c(N(CCN2CCCC2)C(C)=O)nc2sc3ccccc3c21. The summed E-state index contributed by atoms with van der Waals surface area (Å²) in [5, 5.41) is 1.05. The molecule has 0 spiro atoms. The fourth-order valence-corrected chi connectivity index (χ4v) is 5.07. The number of likely N-dealkylation sites (tertiary alicyclic amines) is 1. The maximum Gasteiger partial charge on any atom is 0.294 e. The van der Waals surface area contributed by atoms with Crippen LogP contribution in [0.5, 0.6) is 0 Å². The lowest BCUT2D eigenvalue weighted by atomic mass is 10.2. The van der Waals surface area contributed by atoms with Crippen molar-refractivity contribution in [3.63, 3.8) is 0 Å². The van der Waals surface area contributed by atoms with E-state index in [1.165, 1.54) is 19.8 Å². The molecule has 1 fully saturated rings. The summed E-state index contributed by atoms with van der Waals surface area (Å²) in [4.78, 5) is 35.2. The molecule has 0 unspecified atom stereocenters. The van der Waals surface area contributed by atoms with Gasteiger partial charge in [0.2, 0.25) is 11.7 Å². The Morgan fingerprint density at radius 3 is 2.68 bits per heavy atom. The molecular weight excluding hydrogens is 372 g/mol. The number of benzene rings is 1. The van der Waals surface area contributed by atoms with Gasteiger partial charge in [0.1, 0.15) is 4.83 Å². The molecule has 0 radical (unpaired) electrons. The Labute approximate surface area is 168 Å². The molecule has 1 aliphatic rings. The van der Waals surface area contributed by atoms with E-state index < -0.39 is 0 Å². The van der Waals surface area contributed by atoms with Gasteiger partial charge in [0.05, 0.1) is 5.52 Å². The van der Waals surface area contributed by atoms with Crippen LogP contribution in [0.4, 0.5) is 5.82 Å². The molecule has 0 saturated carbocycles. The quantitative estimate of drug-likeness (QED) is 0.638. The Hall–Kier alpha value is -2.25. The van der Waals surface area contributed by atoms with Crippen molar-refractivity contribution in [3.8, 4) is 0 Å². The number of aryl methyl sites for hydroxylation is 1. The predicted octanol–water partition coefficient (Wildman–Crippen LogP) is 3.47. The number of amides is 1. The normalized spacial score (nSPS) is 14.9. The van der Waals surface area contributed by atoms with Gasteiger partial charge in [-0.05, 0) is 38.4 Å². The largest absolute Gasteiger partial charge is 0.302 e. The third kappa shape index (κ3) is 3.44. The molecule has 28 heavy (non-hydrogen) atoms. The molecule has 3 aromatic rings. The van der Waals surface area contributed by atoms with Crippen LogP contribution < -0.4 is 10.5 Å². The molecule has 0 aliphatic carbocycles. The molecule has 6 nitrogen and oxygen atoms in total. The van der Waals surface area contributed by atoms with Gasteiger partial charge in [-0.15, -0.1) is 11.3 Å². The summed E-state index contributed by atoms with van der Waals surface area (Å²) in [5.74, 6) is 0.131. The number of carbonyl (C=O) groups excluding carboxylic acids is 1. The number of hydrogen-bond donors (Lipinski definition) is 0. The zero-order valence-electron chi connectivity index (χ0n) is 16.5. The third-order valence-electron chi connectivity index (χ3n) is 5.39. The minimum Gasteiger partial charge on any atom is -0.302 e. The van der Waals surface area contributed by atoms with Crippen LogP contribution in [0.3, 0.4) is 0 Å². The number of anilines is 1. The lowest BCUT2D eigenvalue weighted by molar-refractivity contribution is -0.116. The van der Waals surface area contributed by atoms with Gasteiger partial charge in [-0.25, -0.2) is 4.98 Å². The Bertz CT molecular complexity index is 1070. The van der Waals surface area contributed by atoms with Crippen molar-refractivity contribution in [2.24, 2.45) is 0 Å². The average molecular weight is 399 g/mol. The first-order valence-electron chi connectivity index (χ1n) is 10.0. The van der Waals surface area contributed by atoms with Crippen LogP contribution in [0, 0.1) is 0 Å². The molecule has 7 heteroatoms. The van der Waals surface area contributed by atoms with Crippen LogP contribution in [-0.4, -0.2) is 46.5 Å². The summed E-state index contributed by atoms with van der Waals surface area (Å²) in [6.07, 6.45) is 3.25. The monoisotopic (exact) mass is 398 g/mol. The van der Waals surface area contributed by atoms with E-state index in [4.69, 9.17) is 4.98 Å². The van der Waals surface area contributed by atoms with Gasteiger partial charge >= 0.3 is 0 Å². The van der Waals surface area contributed by atoms with Crippen molar-refractivity contribution >= 4 is 43.5 Å². The van der Waals surface area contributed by atoms with E-state index in [0.29, 0.717) is 13.1 Å². The molecule has 3 heterocycles. The second-order valence-corrected chi connectivity index (χ2v) is 8.39. The molecule has 2 aromatic heterocycles. The highest BCUT2D eigenvalue weighted by Crippen LogP contribution is 2.32. The highest BCUT2D eigenvalue weighted by Gasteiger charge is 2.23. The molecule has 1 saturated heterocycles. The van der Waals surface area contributed by atoms with Gasteiger partial charge in [0.25, 0.3) is 5.56 Å². The van der Waals surface area contributed by atoms with Crippen molar-refractivity contribution in [1.29, 1.82) is 0 Å². The summed E-state index contributed by atoms with van der Waals surface area (Å²) >= 11 is 1.58. The Morgan fingerprint density at radius 1 is 1.21 bits per heavy atom. The zero-order valence-corrected chi connectivity index (χ0v) is 17.3. The highest BCUT2D eigenvalue weighted by atomic mass is 32.1. The lowest BCUT2D eigenvalue weighted by Gasteiger charge is -2.23. The second-order valence-electron chi connectivity index (χ2n) is 7.36. The van der Waals surface area contributed by atoms with Gasteiger partial charge in [-0.1, -0.05) is 25.1 Å². The Morgan fingerprint density at radius 2 is 1.96 bits per heavy atom. The summed E-state index contributed by atoms with van der Waals surface area (Å²) in [7, 11) is 0. The lowest BCUT2D eigenvalue weighted by Crippen LogP contribution is -2.41. The summed E-state index contributed by atoms with van der Waals surface area (Å²) in [6, 6.07) is 8.08. The van der Waals surface area contributed by atoms with E-state index in [1.807, 2.05) is 22.8 Å². The number of rotatable bonds is 6. The van der Waals surface area contributed by atoms with Crippen LogP contribution >= 0.6 is 11.3 Å². The number of nitrogens with zero attached hydrogens (tertiary/aromatic N) is 4. The van der Waals surface area contributed by atoms with E-state index in [0.717, 1.165) is 46.5 Å². The summed E-state index contributed by atoms with van der Waals surface area (Å²) < 4.78 is 2.92. The van der Waals surface area contributed by atoms with Crippen molar-refractivity contribution < 1.29 is 4.79 Å². The maximum atomic E-state index is 13.4. The van der Waals surface area contributed by atoms with Gasteiger partial charge < -0.3 is 9.47 Å². The average Bonchev–Trinajstić information content (AvgIpc) is 3.32. The molecule has 1 aliphatic heterocycles. The fraction of sp³-hybridized carbons (Fsp3) is 0.476. The van der Waals surface area contributed by atoms with E-state index in [2.05, 4.69) is 17.9 Å². The molecular formula is C21H26N4O2S. The number of fused-ring (bicyclic) bond motifs is 3. The van der Waals surface area contributed by atoms with E-state index in [-0.39, 0.29) is 17.3 Å². The van der Waals surface area contributed by atoms with Crippen molar-refractivity contribution in [3.05, 3.63) is 34.6 Å². The van der Waals surface area contributed by atoms with Crippen LogP contribution in [0.2, 0.25) is 0 Å². The zero-order chi connectivity index (χ0) is 19.7. The molecule has 0 atom stereocenters. The first kappa shape index (κ1) is 19.1. The molecule has 4 rings (SSSR count). The van der Waals surface area contributed by atoms with Crippen LogP contribution in [0.15, 0.2) is 29.1 Å². The predicted molar refractivity (Wildman–Crippen MR) is 115 cm³/mol. The highest BCUT2D eigenvalue weighted by molar-refractivity contribution is 7.25. The first-order valence-corrected chi connectivity index (χ1v) is 10.8. The van der Waals surface area contributed by atoms with Crippen molar-refractivity contribution in [2.75, 3.05) is 31.1 Å². The first-order chi connectivity index (χ1) is 13.6. The second kappa shape index (κ2) is 8.01. The minimum atomic E-state index is -0.172. The van der Waals surface area contributed by atoms with Crippen molar-refractivity contribution in [2.45, 2.75) is 39.7 Å². The third-order valence-corrected chi connectivity index (χ3v) is 6.44. The number of hydrogen-bond acceptors (Lipinski definition) is 5. The molecule has 0 bridgehead atoms. The fourth-order valence-electron chi connectivity index (χ4n) is 3.99. The summed E-state index contributed by atoms with van der Waals surface area (Å²) in [6.45, 7) is 7.60. The van der Waals surface area contributed by atoms with E-state index in [1.54, 1.807) is 16.2 Å². The van der Waals surface area contributed by atoms with E-state index >= 15 is 0 Å². The number of aromatic nitrogens is 2. The Kier molecular flexibility index (Phi) is 5.46. The van der Waals surface area contributed by atoms with Gasteiger partial charge in [-0.3, -0.25) is 14.5 Å². The van der Waals surface area contributed by atoms with Gasteiger partial charge in [0.15, 0.2) is 0 Å². The van der Waals surface area contributed by atoms with Crippen LogP contribution in [0.1, 0.15) is 33.1 Å². The van der Waals surface area contributed by atoms with E-state index in [9.17, 15) is 9.59 Å². The van der Waals surface area contributed by atoms with Gasteiger partial charge in [-0.2, -0.15) is 0 Å². The molecule has 0 N–H and O–H groups in total. The minimum absolute atomic E-state index is 0.132. The van der Waals surface area contributed by atoms with Crippen LogP contribution in [0.25, 0.3) is 20.4 Å². The maximum absolute atomic E-state index is 13.4. The van der Waals surface area contributed by atoms with Crippen LogP contribution in [-0.2, 0) is 11.3 Å². The topological polar surface area (TPSA) is 58.4 Å². The number of thiophene rings is 1. The molecule has 1 aromatic carbocycles. The smallest absolute Gasteiger partial charge is 0.294 e. The standard InChI is InChI=1S/C21H26N4O2S/c1-3-10-25-18-16-8-4-5-9-17(16)28-20(18)22-19(21(25)27)24(15(2)26)14-13-23-11-6-7-12-23/h4-5,8-9H,3,6-7,10-14H2,1-2H3. The molecule has 148 valence electrons. The summed E-state index contributed by atoms with van der Waals surface area (Å²) in [5.41, 5.74) is 0.716. The number of carbonyl (C=O) groups is 1. The van der Waals surface area contributed by atoms with Crippen molar-refractivity contribution in [1.82, 2.24) is 14.5 Å². The molecule has 1 amide bonds.